The van der Waals surface area contributed by atoms with Crippen LogP contribution in [-0.4, -0.2) is 20.8 Å². The molecule has 0 fully saturated rings. The molecule has 3 rings (SSSR count). The number of methoxy groups -OCH3 is 2. The number of benzene rings is 2. The van der Waals surface area contributed by atoms with Crippen LogP contribution in [0, 0.1) is 0 Å². The number of rotatable bonds is 4. The second-order valence-corrected chi connectivity index (χ2v) is 5.55. The maximum Gasteiger partial charge on any atom is 0.124 e. The lowest BCUT2D eigenvalue weighted by Crippen LogP contribution is -2.29. The number of hydrogen-bond acceptors (Lipinski definition) is 4. The minimum absolute atomic E-state index is 0. The molecule has 2 N–H and O–H groups in total. The molecular weight excluding hydrogens is 312 g/mol. The van der Waals surface area contributed by atoms with Gasteiger partial charge in [0.2, 0.25) is 0 Å². The standard InChI is InChI=1S/C18H22N2O2.ClH/c1-21-14-8-9-18(22-2)13(11-14)12-20-10-4-5-15-16(19)6-3-7-17(15)20;/h3,6-9,11H,4-5,10,12,19H2,1-2H3;1H. The molecule has 0 amide bonds. The zero-order valence-electron chi connectivity index (χ0n) is 13.5. The van der Waals surface area contributed by atoms with Gasteiger partial charge in [0.1, 0.15) is 11.5 Å². The Bertz CT molecular complexity index is 676. The second kappa shape index (κ2) is 7.47. The molecule has 0 atom stereocenters. The monoisotopic (exact) mass is 334 g/mol. The number of anilines is 2. The highest BCUT2D eigenvalue weighted by Gasteiger charge is 2.20. The summed E-state index contributed by atoms with van der Waals surface area (Å²) in [4.78, 5) is 2.37. The van der Waals surface area contributed by atoms with Gasteiger partial charge >= 0.3 is 0 Å². The van der Waals surface area contributed by atoms with E-state index in [0.717, 1.165) is 48.7 Å². The number of hydrogen-bond donors (Lipinski definition) is 1. The van der Waals surface area contributed by atoms with Crippen LogP contribution in [0.4, 0.5) is 11.4 Å². The molecule has 1 aliphatic rings. The lowest BCUT2D eigenvalue weighted by atomic mass is 9.99. The molecule has 4 nitrogen and oxygen atoms in total. The molecule has 124 valence electrons. The van der Waals surface area contributed by atoms with Crippen LogP contribution in [0.25, 0.3) is 0 Å². The van der Waals surface area contributed by atoms with E-state index in [1.165, 1.54) is 11.3 Å². The van der Waals surface area contributed by atoms with Gasteiger partial charge < -0.3 is 20.1 Å². The largest absolute Gasteiger partial charge is 0.497 e. The zero-order chi connectivity index (χ0) is 15.5. The molecule has 0 aliphatic carbocycles. The smallest absolute Gasteiger partial charge is 0.124 e. The average molecular weight is 335 g/mol. The lowest BCUT2D eigenvalue weighted by Gasteiger charge is -2.32. The molecule has 2 aromatic rings. The number of fused-ring (bicyclic) bond motifs is 1. The number of ether oxygens (including phenoxy) is 2. The van der Waals surface area contributed by atoms with Gasteiger partial charge in [-0.1, -0.05) is 6.07 Å². The highest BCUT2D eigenvalue weighted by atomic mass is 35.5. The maximum atomic E-state index is 6.13. The van der Waals surface area contributed by atoms with Gasteiger partial charge in [-0.15, -0.1) is 12.4 Å². The Balaban J connectivity index is 0.00000192. The van der Waals surface area contributed by atoms with Crippen molar-refractivity contribution < 1.29 is 9.47 Å². The predicted octanol–water partition coefficient (Wildman–Crippen LogP) is 3.66. The fourth-order valence-electron chi connectivity index (χ4n) is 3.10. The molecule has 1 aliphatic heterocycles. The summed E-state index contributed by atoms with van der Waals surface area (Å²) in [5.41, 5.74) is 10.6. The first kappa shape index (κ1) is 17.3. The minimum Gasteiger partial charge on any atom is -0.497 e. The molecule has 0 aromatic heterocycles. The summed E-state index contributed by atoms with van der Waals surface area (Å²) in [5, 5.41) is 0. The predicted molar refractivity (Wildman–Crippen MR) is 97.0 cm³/mol. The first-order chi connectivity index (χ1) is 10.7. The van der Waals surface area contributed by atoms with Crippen molar-refractivity contribution in [3.8, 4) is 11.5 Å². The highest BCUT2D eigenvalue weighted by Crippen LogP contribution is 2.34. The Morgan fingerprint density at radius 1 is 1.13 bits per heavy atom. The van der Waals surface area contributed by atoms with E-state index < -0.39 is 0 Å². The van der Waals surface area contributed by atoms with Gasteiger partial charge in [0.15, 0.2) is 0 Å². The van der Waals surface area contributed by atoms with E-state index in [-0.39, 0.29) is 12.4 Å². The molecule has 0 saturated heterocycles. The fourth-order valence-corrected chi connectivity index (χ4v) is 3.10. The van der Waals surface area contributed by atoms with E-state index in [1.54, 1.807) is 14.2 Å². The minimum atomic E-state index is 0. The van der Waals surface area contributed by atoms with Gasteiger partial charge in [-0.2, -0.15) is 0 Å². The average Bonchev–Trinajstić information content (AvgIpc) is 2.56. The van der Waals surface area contributed by atoms with Crippen molar-refractivity contribution in [1.29, 1.82) is 0 Å². The van der Waals surface area contributed by atoms with E-state index in [0.29, 0.717) is 0 Å². The van der Waals surface area contributed by atoms with Crippen LogP contribution in [0.3, 0.4) is 0 Å². The van der Waals surface area contributed by atoms with Crippen LogP contribution in [0.5, 0.6) is 11.5 Å². The van der Waals surface area contributed by atoms with Crippen LogP contribution in [0.1, 0.15) is 17.5 Å². The SMILES string of the molecule is COc1ccc(OC)c(CN2CCCc3c(N)cccc32)c1.Cl. The van der Waals surface area contributed by atoms with Crippen molar-refractivity contribution in [3.63, 3.8) is 0 Å². The van der Waals surface area contributed by atoms with Crippen molar-refractivity contribution in [2.45, 2.75) is 19.4 Å². The summed E-state index contributed by atoms with van der Waals surface area (Å²) < 4.78 is 10.8. The summed E-state index contributed by atoms with van der Waals surface area (Å²) in [6.07, 6.45) is 2.17. The summed E-state index contributed by atoms with van der Waals surface area (Å²) >= 11 is 0. The summed E-state index contributed by atoms with van der Waals surface area (Å²) in [5.74, 6) is 1.73. The Labute approximate surface area is 143 Å². The van der Waals surface area contributed by atoms with Gasteiger partial charge in [-0.25, -0.2) is 0 Å². The molecule has 0 saturated carbocycles. The van der Waals surface area contributed by atoms with Gasteiger partial charge in [0.05, 0.1) is 14.2 Å². The number of nitrogen functional groups attached to an aromatic ring is 1. The van der Waals surface area contributed by atoms with Crippen molar-refractivity contribution >= 4 is 23.8 Å². The highest BCUT2D eigenvalue weighted by molar-refractivity contribution is 5.85. The van der Waals surface area contributed by atoms with Crippen LogP contribution in [0.15, 0.2) is 36.4 Å². The van der Waals surface area contributed by atoms with E-state index in [1.807, 2.05) is 30.3 Å². The van der Waals surface area contributed by atoms with Crippen LogP contribution >= 0.6 is 12.4 Å². The van der Waals surface area contributed by atoms with Crippen LogP contribution < -0.4 is 20.1 Å². The Hall–Kier alpha value is -2.07. The normalized spacial score (nSPS) is 13.0. The third-order valence-electron chi connectivity index (χ3n) is 4.23. The lowest BCUT2D eigenvalue weighted by molar-refractivity contribution is 0.398. The van der Waals surface area contributed by atoms with Gasteiger partial charge in [0, 0.05) is 30.0 Å². The quantitative estimate of drug-likeness (QED) is 0.867. The maximum absolute atomic E-state index is 6.13. The molecule has 1 heterocycles. The summed E-state index contributed by atoms with van der Waals surface area (Å²) in [6, 6.07) is 12.1. The second-order valence-electron chi connectivity index (χ2n) is 5.55. The van der Waals surface area contributed by atoms with E-state index in [4.69, 9.17) is 15.2 Å². The first-order valence-electron chi connectivity index (χ1n) is 7.56. The zero-order valence-corrected chi connectivity index (χ0v) is 14.4. The Morgan fingerprint density at radius 3 is 2.70 bits per heavy atom. The molecule has 0 spiro atoms. The fraction of sp³-hybridized carbons (Fsp3) is 0.333. The van der Waals surface area contributed by atoms with Crippen LogP contribution in [0.2, 0.25) is 0 Å². The Kier molecular flexibility index (Phi) is 5.61. The third kappa shape index (κ3) is 3.48. The first-order valence-corrected chi connectivity index (χ1v) is 7.56. The summed E-state index contributed by atoms with van der Waals surface area (Å²) in [7, 11) is 3.38. The van der Waals surface area contributed by atoms with Gasteiger partial charge in [-0.05, 0) is 48.7 Å². The Morgan fingerprint density at radius 2 is 1.96 bits per heavy atom. The molecular formula is C18H23ClN2O2. The van der Waals surface area contributed by atoms with Crippen molar-refractivity contribution in [2.24, 2.45) is 0 Å². The number of nitrogens with two attached hydrogens (primary N) is 1. The molecule has 5 heteroatoms. The van der Waals surface area contributed by atoms with E-state index >= 15 is 0 Å². The number of nitrogens with zero attached hydrogens (tertiary/aromatic N) is 1. The molecule has 0 unspecified atom stereocenters. The number of halogens is 1. The van der Waals surface area contributed by atoms with Gasteiger partial charge in [-0.3, -0.25) is 0 Å². The van der Waals surface area contributed by atoms with Crippen molar-refractivity contribution in [2.75, 3.05) is 31.4 Å². The van der Waals surface area contributed by atoms with Crippen molar-refractivity contribution in [1.82, 2.24) is 0 Å². The van der Waals surface area contributed by atoms with E-state index in [2.05, 4.69) is 11.0 Å². The molecule has 23 heavy (non-hydrogen) atoms. The van der Waals surface area contributed by atoms with Crippen LogP contribution in [-0.2, 0) is 13.0 Å². The molecule has 2 aromatic carbocycles. The summed E-state index contributed by atoms with van der Waals surface area (Å²) in [6.45, 7) is 1.81. The third-order valence-corrected chi connectivity index (χ3v) is 4.23. The molecule has 0 bridgehead atoms. The van der Waals surface area contributed by atoms with Gasteiger partial charge in [0.25, 0.3) is 0 Å². The van der Waals surface area contributed by atoms with E-state index in [9.17, 15) is 0 Å². The molecule has 0 radical (unpaired) electrons. The van der Waals surface area contributed by atoms with Crippen molar-refractivity contribution in [3.05, 3.63) is 47.5 Å². The topological polar surface area (TPSA) is 47.7 Å².